The summed E-state index contributed by atoms with van der Waals surface area (Å²) in [6.45, 7) is 7.17. The van der Waals surface area contributed by atoms with Gasteiger partial charge in [0.1, 0.15) is 12.4 Å². The smallest absolute Gasteiger partial charge is 0.120 e. The maximum atomic E-state index is 5.58. The van der Waals surface area contributed by atoms with Crippen LogP contribution >= 0.6 is 15.9 Å². The molecule has 1 aromatic carbocycles. The molecule has 0 fully saturated rings. The van der Waals surface area contributed by atoms with Gasteiger partial charge in [0.2, 0.25) is 0 Å². The molecule has 1 rings (SSSR count). The molecule has 0 bridgehead atoms. The van der Waals surface area contributed by atoms with Crippen molar-refractivity contribution < 1.29 is 9.47 Å². The van der Waals surface area contributed by atoms with E-state index in [1.807, 2.05) is 38.1 Å². The number of hydrogen-bond acceptors (Lipinski definition) is 3. The van der Waals surface area contributed by atoms with Crippen LogP contribution in [0, 0.1) is 0 Å². The lowest BCUT2D eigenvalue weighted by Gasteiger charge is -2.09. The van der Waals surface area contributed by atoms with Crippen molar-refractivity contribution in [3.05, 3.63) is 28.7 Å². The van der Waals surface area contributed by atoms with Gasteiger partial charge >= 0.3 is 0 Å². The molecule has 4 heteroatoms. The fourth-order valence-electron chi connectivity index (χ4n) is 1.29. The zero-order chi connectivity index (χ0) is 12.5. The molecule has 0 amide bonds. The summed E-state index contributed by atoms with van der Waals surface area (Å²) in [5.41, 5.74) is 0. The SMILES string of the molecule is CC(C)OCCNCCOc1cccc(Br)c1. The van der Waals surface area contributed by atoms with Gasteiger partial charge in [-0.1, -0.05) is 22.0 Å². The topological polar surface area (TPSA) is 30.5 Å². The number of ether oxygens (including phenoxy) is 2. The number of benzene rings is 1. The number of nitrogens with one attached hydrogen (secondary N) is 1. The predicted molar refractivity (Wildman–Crippen MR) is 73.6 cm³/mol. The fourth-order valence-corrected chi connectivity index (χ4v) is 1.67. The van der Waals surface area contributed by atoms with Crippen LogP contribution in [0.3, 0.4) is 0 Å². The summed E-state index contributed by atoms with van der Waals surface area (Å²) in [5.74, 6) is 0.889. The molecule has 0 aliphatic carbocycles. The number of halogens is 1. The van der Waals surface area contributed by atoms with E-state index < -0.39 is 0 Å². The first-order chi connectivity index (χ1) is 8.18. The third-order valence-corrected chi connectivity index (χ3v) is 2.57. The molecule has 3 nitrogen and oxygen atoms in total. The summed E-state index contributed by atoms with van der Waals surface area (Å²) in [7, 11) is 0. The van der Waals surface area contributed by atoms with E-state index in [2.05, 4.69) is 21.2 Å². The summed E-state index contributed by atoms with van der Waals surface area (Å²) in [6, 6.07) is 7.85. The van der Waals surface area contributed by atoms with Crippen LogP contribution in [-0.4, -0.2) is 32.4 Å². The van der Waals surface area contributed by atoms with Crippen molar-refractivity contribution in [1.29, 1.82) is 0 Å². The Hall–Kier alpha value is -0.580. The van der Waals surface area contributed by atoms with E-state index in [4.69, 9.17) is 9.47 Å². The van der Waals surface area contributed by atoms with Crippen LogP contribution in [0.15, 0.2) is 28.7 Å². The fraction of sp³-hybridized carbons (Fsp3) is 0.538. The average molecular weight is 302 g/mol. The second-order valence-corrected chi connectivity index (χ2v) is 4.89. The normalized spacial score (nSPS) is 10.8. The Morgan fingerprint density at radius 1 is 1.24 bits per heavy atom. The largest absolute Gasteiger partial charge is 0.492 e. The summed E-state index contributed by atoms with van der Waals surface area (Å²) in [6.07, 6.45) is 0.301. The molecule has 0 unspecified atom stereocenters. The minimum Gasteiger partial charge on any atom is -0.492 e. The Balaban J connectivity index is 2.01. The quantitative estimate of drug-likeness (QED) is 0.749. The van der Waals surface area contributed by atoms with E-state index >= 15 is 0 Å². The molecule has 96 valence electrons. The number of rotatable bonds is 8. The number of hydrogen-bond donors (Lipinski definition) is 1. The van der Waals surface area contributed by atoms with Gasteiger partial charge in [-0.15, -0.1) is 0 Å². The summed E-state index contributed by atoms with van der Waals surface area (Å²) >= 11 is 3.41. The summed E-state index contributed by atoms with van der Waals surface area (Å²) in [4.78, 5) is 0. The van der Waals surface area contributed by atoms with Crippen LogP contribution in [0.5, 0.6) is 5.75 Å². The van der Waals surface area contributed by atoms with E-state index in [0.717, 1.165) is 29.9 Å². The Kier molecular flexibility index (Phi) is 7.24. The van der Waals surface area contributed by atoms with Crippen molar-refractivity contribution in [3.63, 3.8) is 0 Å². The zero-order valence-corrected chi connectivity index (χ0v) is 12.0. The van der Waals surface area contributed by atoms with Crippen molar-refractivity contribution in [2.75, 3.05) is 26.3 Å². The highest BCUT2D eigenvalue weighted by atomic mass is 79.9. The van der Waals surface area contributed by atoms with Crippen molar-refractivity contribution in [1.82, 2.24) is 5.32 Å². The van der Waals surface area contributed by atoms with Gasteiger partial charge in [0.05, 0.1) is 12.7 Å². The molecule has 0 atom stereocenters. The van der Waals surface area contributed by atoms with Gasteiger partial charge in [0.15, 0.2) is 0 Å². The van der Waals surface area contributed by atoms with Crippen LogP contribution in [0.1, 0.15) is 13.8 Å². The van der Waals surface area contributed by atoms with Crippen molar-refractivity contribution in [2.45, 2.75) is 20.0 Å². The Labute approximate surface area is 112 Å². The molecule has 0 aliphatic heterocycles. The zero-order valence-electron chi connectivity index (χ0n) is 10.4. The molecular formula is C13H20BrNO2. The lowest BCUT2D eigenvalue weighted by Crippen LogP contribution is -2.25. The maximum absolute atomic E-state index is 5.58. The first kappa shape index (κ1) is 14.5. The minimum atomic E-state index is 0.301. The van der Waals surface area contributed by atoms with Gasteiger partial charge in [-0.25, -0.2) is 0 Å². The molecule has 1 aromatic rings. The average Bonchev–Trinajstić information content (AvgIpc) is 2.27. The summed E-state index contributed by atoms with van der Waals surface area (Å²) in [5, 5.41) is 3.26. The van der Waals surface area contributed by atoms with Gasteiger partial charge in [-0.3, -0.25) is 0 Å². The molecule has 0 aliphatic rings. The molecule has 0 saturated heterocycles. The molecule has 0 spiro atoms. The molecule has 1 N–H and O–H groups in total. The maximum Gasteiger partial charge on any atom is 0.120 e. The van der Waals surface area contributed by atoms with Crippen molar-refractivity contribution in [3.8, 4) is 5.75 Å². The van der Waals surface area contributed by atoms with Crippen LogP contribution in [0.2, 0.25) is 0 Å². The van der Waals surface area contributed by atoms with Crippen LogP contribution < -0.4 is 10.1 Å². The summed E-state index contributed by atoms with van der Waals surface area (Å²) < 4.78 is 12.0. The third kappa shape index (κ3) is 7.36. The lowest BCUT2D eigenvalue weighted by atomic mass is 10.3. The van der Waals surface area contributed by atoms with Gasteiger partial charge in [-0.05, 0) is 32.0 Å². The minimum absolute atomic E-state index is 0.301. The van der Waals surface area contributed by atoms with Crippen LogP contribution in [-0.2, 0) is 4.74 Å². The predicted octanol–water partition coefficient (Wildman–Crippen LogP) is 2.84. The second-order valence-electron chi connectivity index (χ2n) is 3.98. The van der Waals surface area contributed by atoms with Gasteiger partial charge in [0, 0.05) is 17.6 Å². The van der Waals surface area contributed by atoms with E-state index in [0.29, 0.717) is 12.7 Å². The second kappa shape index (κ2) is 8.50. The Morgan fingerprint density at radius 2 is 2.00 bits per heavy atom. The molecule has 0 aromatic heterocycles. The van der Waals surface area contributed by atoms with E-state index in [1.54, 1.807) is 0 Å². The molecule has 17 heavy (non-hydrogen) atoms. The van der Waals surface area contributed by atoms with Gasteiger partial charge in [-0.2, -0.15) is 0 Å². The van der Waals surface area contributed by atoms with Crippen molar-refractivity contribution >= 4 is 15.9 Å². The van der Waals surface area contributed by atoms with E-state index in [-0.39, 0.29) is 0 Å². The van der Waals surface area contributed by atoms with Crippen LogP contribution in [0.25, 0.3) is 0 Å². The Morgan fingerprint density at radius 3 is 2.71 bits per heavy atom. The van der Waals surface area contributed by atoms with E-state index in [9.17, 15) is 0 Å². The molecule has 0 heterocycles. The molecular weight excluding hydrogens is 282 g/mol. The Bertz CT molecular complexity index is 318. The lowest BCUT2D eigenvalue weighted by molar-refractivity contribution is 0.0804. The van der Waals surface area contributed by atoms with Gasteiger partial charge in [0.25, 0.3) is 0 Å². The molecule has 0 radical (unpaired) electrons. The highest BCUT2D eigenvalue weighted by Gasteiger charge is 1.95. The standard InChI is InChI=1S/C13H20BrNO2/c1-11(2)16-8-6-15-7-9-17-13-5-3-4-12(14)10-13/h3-5,10-11,15H,6-9H2,1-2H3. The third-order valence-electron chi connectivity index (χ3n) is 2.07. The first-order valence-electron chi connectivity index (χ1n) is 5.89. The molecule has 0 saturated carbocycles. The van der Waals surface area contributed by atoms with Crippen molar-refractivity contribution in [2.24, 2.45) is 0 Å². The van der Waals surface area contributed by atoms with Crippen LogP contribution in [0.4, 0.5) is 0 Å². The van der Waals surface area contributed by atoms with Gasteiger partial charge < -0.3 is 14.8 Å². The van der Waals surface area contributed by atoms with E-state index in [1.165, 1.54) is 0 Å². The monoisotopic (exact) mass is 301 g/mol. The highest BCUT2D eigenvalue weighted by molar-refractivity contribution is 9.10. The first-order valence-corrected chi connectivity index (χ1v) is 6.68. The highest BCUT2D eigenvalue weighted by Crippen LogP contribution is 2.17.